The molecule has 2 heterocycles. The van der Waals surface area contributed by atoms with E-state index < -0.39 is 0 Å². The van der Waals surface area contributed by atoms with Crippen LogP contribution in [0.4, 0.5) is 5.69 Å². The lowest BCUT2D eigenvalue weighted by Gasteiger charge is -2.41. The number of hydrogen-bond donors (Lipinski definition) is 0. The number of rotatable bonds is 7. The summed E-state index contributed by atoms with van der Waals surface area (Å²) in [6, 6.07) is 3.20. The molecule has 0 atom stereocenters. The van der Waals surface area contributed by atoms with Gasteiger partial charge in [0.2, 0.25) is 0 Å². The normalized spacial score (nSPS) is 30.2. The molecule has 0 amide bonds. The zero-order valence-corrected chi connectivity index (χ0v) is 16.2. The van der Waals surface area contributed by atoms with Gasteiger partial charge in [0.25, 0.3) is 5.69 Å². The van der Waals surface area contributed by atoms with Crippen molar-refractivity contribution < 1.29 is 19.1 Å². The van der Waals surface area contributed by atoms with Crippen molar-refractivity contribution in [2.45, 2.75) is 49.3 Å². The molecule has 0 aromatic heterocycles. The van der Waals surface area contributed by atoms with Crippen molar-refractivity contribution in [2.24, 2.45) is 4.99 Å². The van der Waals surface area contributed by atoms with E-state index in [0.29, 0.717) is 29.0 Å². The Kier molecular flexibility index (Phi) is 4.53. The maximum Gasteiger partial charge on any atom is 0.281 e. The Morgan fingerprint density at radius 3 is 2.85 bits per heavy atom. The molecule has 2 saturated carbocycles. The molecule has 7 nitrogen and oxygen atoms in total. The first-order chi connectivity index (χ1) is 12.4. The molecule has 4 aliphatic rings. The average molecular weight is 425 g/mol. The van der Waals surface area contributed by atoms with Gasteiger partial charge in [-0.15, -0.1) is 0 Å². The zero-order chi connectivity index (χ0) is 18.4. The van der Waals surface area contributed by atoms with Gasteiger partial charge in [0, 0.05) is 26.2 Å². The third kappa shape index (κ3) is 3.14. The summed E-state index contributed by atoms with van der Waals surface area (Å²) in [5.74, 6) is 0.517. The van der Waals surface area contributed by atoms with Crippen LogP contribution in [0.3, 0.4) is 0 Å². The monoisotopic (exact) mass is 424 g/mol. The molecule has 0 N–H and O–H groups in total. The minimum absolute atomic E-state index is 0.00377. The molecular formula is C18H21BrN2O5. The summed E-state index contributed by atoms with van der Waals surface area (Å²) in [5.41, 5.74) is -0.0311. The minimum Gasteiger partial charge on any atom is -0.489 e. The Hall–Kier alpha value is -1.51. The predicted octanol–water partition coefficient (Wildman–Crippen LogP) is 3.66. The summed E-state index contributed by atoms with van der Waals surface area (Å²) in [5, 5.41) is 11.5. The van der Waals surface area contributed by atoms with Crippen molar-refractivity contribution in [3.05, 3.63) is 32.3 Å². The van der Waals surface area contributed by atoms with Gasteiger partial charge < -0.3 is 14.2 Å². The van der Waals surface area contributed by atoms with Gasteiger partial charge in [0.05, 0.1) is 51.5 Å². The standard InChI is InChI=1S/C18H21BrN2O5/c1-24-11-18-8-17(9-18,10-25-18)20-7-12-5-14(19)16(6-15(12)21(22)23)26-13-3-2-4-13/h5-7,13H,2-4,8-11H2,1H3. The number of nitro groups is 1. The van der Waals surface area contributed by atoms with Crippen LogP contribution in [0.2, 0.25) is 0 Å². The van der Waals surface area contributed by atoms with Crippen molar-refractivity contribution in [2.75, 3.05) is 20.3 Å². The molecule has 5 rings (SSSR count). The third-order valence-electron chi connectivity index (χ3n) is 5.46. The molecule has 1 aromatic carbocycles. The number of ether oxygens (including phenoxy) is 3. The van der Waals surface area contributed by atoms with E-state index in [4.69, 9.17) is 14.2 Å². The molecule has 1 aromatic rings. The maximum absolute atomic E-state index is 11.5. The Morgan fingerprint density at radius 2 is 2.23 bits per heavy atom. The number of benzene rings is 1. The van der Waals surface area contributed by atoms with E-state index in [1.807, 2.05) is 0 Å². The minimum atomic E-state index is -0.389. The van der Waals surface area contributed by atoms with Gasteiger partial charge in [0.15, 0.2) is 0 Å². The topological polar surface area (TPSA) is 83.2 Å². The van der Waals surface area contributed by atoms with Crippen molar-refractivity contribution in [3.8, 4) is 5.75 Å². The quantitative estimate of drug-likeness (QED) is 0.378. The van der Waals surface area contributed by atoms with Crippen LogP contribution in [-0.2, 0) is 9.47 Å². The van der Waals surface area contributed by atoms with E-state index >= 15 is 0 Å². The lowest BCUT2D eigenvalue weighted by Crippen LogP contribution is -2.50. The van der Waals surface area contributed by atoms with Crippen molar-refractivity contribution in [1.29, 1.82) is 0 Å². The smallest absolute Gasteiger partial charge is 0.281 e. The average Bonchev–Trinajstić information content (AvgIpc) is 3.05. The fourth-order valence-corrected chi connectivity index (χ4v) is 4.41. The molecule has 0 spiro atoms. The molecule has 0 radical (unpaired) electrons. The van der Waals surface area contributed by atoms with Crippen LogP contribution in [0.25, 0.3) is 0 Å². The highest BCUT2D eigenvalue weighted by molar-refractivity contribution is 9.10. The van der Waals surface area contributed by atoms with E-state index in [1.54, 1.807) is 19.4 Å². The van der Waals surface area contributed by atoms with E-state index in [-0.39, 0.29) is 27.9 Å². The molecule has 2 bridgehead atoms. The van der Waals surface area contributed by atoms with E-state index in [2.05, 4.69) is 20.9 Å². The summed E-state index contributed by atoms with van der Waals surface area (Å²) in [7, 11) is 1.66. The summed E-state index contributed by atoms with van der Waals surface area (Å²) < 4.78 is 17.6. The van der Waals surface area contributed by atoms with Gasteiger partial charge in [-0.2, -0.15) is 0 Å². The van der Waals surface area contributed by atoms with Gasteiger partial charge in [-0.05, 0) is 41.3 Å². The number of halogens is 1. The summed E-state index contributed by atoms with van der Waals surface area (Å²) in [6.45, 7) is 1.09. The van der Waals surface area contributed by atoms with Crippen LogP contribution in [0.15, 0.2) is 21.6 Å². The highest BCUT2D eigenvalue weighted by Gasteiger charge is 2.62. The van der Waals surface area contributed by atoms with E-state index in [1.165, 1.54) is 6.07 Å². The molecular weight excluding hydrogens is 404 g/mol. The van der Waals surface area contributed by atoms with Crippen molar-refractivity contribution >= 4 is 27.8 Å². The molecule has 0 unspecified atom stereocenters. The largest absolute Gasteiger partial charge is 0.489 e. The van der Waals surface area contributed by atoms with Crippen LogP contribution in [0, 0.1) is 10.1 Å². The summed E-state index contributed by atoms with van der Waals surface area (Å²) in [6.07, 6.45) is 6.48. The number of nitrogens with zero attached hydrogens (tertiary/aromatic N) is 2. The lowest BCUT2D eigenvalue weighted by molar-refractivity contribution is -0.385. The van der Waals surface area contributed by atoms with Gasteiger partial charge in [-0.3, -0.25) is 15.1 Å². The van der Waals surface area contributed by atoms with Crippen LogP contribution >= 0.6 is 15.9 Å². The number of fused-ring (bicyclic) bond motifs is 1. The first-order valence-corrected chi connectivity index (χ1v) is 9.56. The Balaban J connectivity index is 1.54. The first kappa shape index (κ1) is 17.9. The van der Waals surface area contributed by atoms with Crippen LogP contribution < -0.4 is 4.74 Å². The first-order valence-electron chi connectivity index (χ1n) is 8.77. The number of methoxy groups -OCH3 is 1. The Morgan fingerprint density at radius 1 is 1.46 bits per heavy atom. The summed E-state index contributed by atoms with van der Waals surface area (Å²) >= 11 is 3.47. The van der Waals surface area contributed by atoms with Crippen LogP contribution in [0.5, 0.6) is 5.75 Å². The van der Waals surface area contributed by atoms with Crippen LogP contribution in [-0.4, -0.2) is 48.7 Å². The van der Waals surface area contributed by atoms with Gasteiger partial charge in [-0.1, -0.05) is 0 Å². The number of nitro benzene ring substituents is 1. The second-order valence-electron chi connectivity index (χ2n) is 7.51. The van der Waals surface area contributed by atoms with Gasteiger partial charge in [-0.25, -0.2) is 0 Å². The molecule has 26 heavy (non-hydrogen) atoms. The van der Waals surface area contributed by atoms with Crippen molar-refractivity contribution in [3.63, 3.8) is 0 Å². The SMILES string of the molecule is COCC12CC(N=Cc3cc(Br)c(OC4CCC4)cc3[N+](=O)[O-])(CO1)C2. The van der Waals surface area contributed by atoms with Crippen molar-refractivity contribution in [1.82, 2.24) is 0 Å². The van der Waals surface area contributed by atoms with Gasteiger partial charge >= 0.3 is 0 Å². The Bertz CT molecular complexity index is 756. The predicted molar refractivity (Wildman–Crippen MR) is 99.2 cm³/mol. The molecule has 140 valence electrons. The molecule has 2 aliphatic heterocycles. The number of hydrogen-bond acceptors (Lipinski definition) is 6. The molecule has 4 fully saturated rings. The Labute approximate surface area is 160 Å². The molecule has 2 aliphatic carbocycles. The fraction of sp³-hybridized carbons (Fsp3) is 0.611. The maximum atomic E-state index is 11.5. The second-order valence-corrected chi connectivity index (χ2v) is 8.36. The van der Waals surface area contributed by atoms with E-state index in [9.17, 15) is 10.1 Å². The highest BCUT2D eigenvalue weighted by Crippen LogP contribution is 2.54. The zero-order valence-electron chi connectivity index (χ0n) is 14.6. The van der Waals surface area contributed by atoms with Crippen LogP contribution in [0.1, 0.15) is 37.7 Å². The van der Waals surface area contributed by atoms with E-state index in [0.717, 1.165) is 32.1 Å². The fourth-order valence-electron chi connectivity index (χ4n) is 3.96. The lowest BCUT2D eigenvalue weighted by atomic mass is 9.69. The van der Waals surface area contributed by atoms with Gasteiger partial charge in [0.1, 0.15) is 5.75 Å². The highest BCUT2D eigenvalue weighted by atomic mass is 79.9. The molecule has 2 saturated heterocycles. The molecule has 8 heteroatoms. The third-order valence-corrected chi connectivity index (χ3v) is 6.08. The second kappa shape index (κ2) is 6.58. The number of aliphatic imine (C=N–C) groups is 1. The summed E-state index contributed by atoms with van der Waals surface area (Å²) in [4.78, 5) is 15.8.